The third-order valence-electron chi connectivity index (χ3n) is 4.30. The fourth-order valence-electron chi connectivity index (χ4n) is 2.57. The second-order valence-electron chi connectivity index (χ2n) is 8.37. The van der Waals surface area contributed by atoms with Gasteiger partial charge in [-0.05, 0) is 30.0 Å². The average Bonchev–Trinajstić information content (AvgIpc) is 3.11. The highest BCUT2D eigenvalue weighted by Gasteiger charge is 2.20. The van der Waals surface area contributed by atoms with Gasteiger partial charge in [-0.3, -0.25) is 9.59 Å². The van der Waals surface area contributed by atoms with Crippen molar-refractivity contribution >= 4 is 23.2 Å². The van der Waals surface area contributed by atoms with Crippen LogP contribution in [0.5, 0.6) is 5.75 Å². The quantitative estimate of drug-likeness (QED) is 0.635. The first kappa shape index (κ1) is 22.9. The molecule has 0 aliphatic carbocycles. The molecule has 1 heterocycles. The van der Waals surface area contributed by atoms with E-state index in [2.05, 4.69) is 41.6 Å². The Labute approximate surface area is 177 Å². The van der Waals surface area contributed by atoms with E-state index in [1.807, 2.05) is 33.8 Å². The Morgan fingerprint density at radius 2 is 1.86 bits per heavy atom. The Morgan fingerprint density at radius 3 is 2.52 bits per heavy atom. The number of thiazole rings is 1. The second kappa shape index (κ2) is 9.87. The molecule has 0 radical (unpaired) electrons. The first-order chi connectivity index (χ1) is 13.6. The Bertz CT molecular complexity index is 853. The number of nitrogens with zero attached hydrogens (tertiary/aromatic N) is 1. The van der Waals surface area contributed by atoms with Crippen LogP contribution >= 0.6 is 11.3 Å². The van der Waals surface area contributed by atoms with E-state index in [4.69, 9.17) is 4.74 Å². The predicted molar refractivity (Wildman–Crippen MR) is 117 cm³/mol. The third-order valence-corrected chi connectivity index (χ3v) is 5.13. The van der Waals surface area contributed by atoms with Gasteiger partial charge in [-0.25, -0.2) is 4.98 Å². The molecule has 2 N–H and O–H groups in total. The number of carbonyl (C=O) groups excluding carboxylic acids is 2. The molecule has 0 saturated carbocycles. The number of aryl methyl sites for hydroxylation is 1. The monoisotopic (exact) mass is 417 g/mol. The van der Waals surface area contributed by atoms with E-state index < -0.39 is 5.41 Å². The maximum Gasteiger partial charge on any atom is 0.270 e. The zero-order valence-corrected chi connectivity index (χ0v) is 18.9. The van der Waals surface area contributed by atoms with Crippen LogP contribution in [0.2, 0.25) is 0 Å². The maximum absolute atomic E-state index is 12.2. The largest absolute Gasteiger partial charge is 0.486 e. The lowest BCUT2D eigenvalue weighted by Gasteiger charge is -2.17. The van der Waals surface area contributed by atoms with Crippen molar-refractivity contribution in [3.05, 3.63) is 45.4 Å². The standard InChI is InChI=1S/C22H31N3O3S/c1-14(2)16-8-7-15(3)11-18(16)28-12-19-25-17(13-29-19)20(26)23-9-10-24-21(27)22(4,5)6/h7-8,11,13-14H,9-10,12H2,1-6H3,(H,23,26)(H,24,27). The molecule has 0 saturated heterocycles. The molecule has 0 fully saturated rings. The van der Waals surface area contributed by atoms with E-state index >= 15 is 0 Å². The SMILES string of the molecule is Cc1ccc(C(C)C)c(OCc2nc(C(=O)NCCNC(=O)C(C)(C)C)cs2)c1. The summed E-state index contributed by atoms with van der Waals surface area (Å²) in [6, 6.07) is 6.20. The van der Waals surface area contributed by atoms with E-state index in [-0.39, 0.29) is 11.8 Å². The summed E-state index contributed by atoms with van der Waals surface area (Å²) in [6.07, 6.45) is 0. The normalized spacial score (nSPS) is 11.4. The molecule has 0 bridgehead atoms. The van der Waals surface area contributed by atoms with Crippen LogP contribution < -0.4 is 15.4 Å². The number of hydrogen-bond acceptors (Lipinski definition) is 5. The van der Waals surface area contributed by atoms with Crippen LogP contribution in [-0.2, 0) is 11.4 Å². The van der Waals surface area contributed by atoms with E-state index in [1.165, 1.54) is 11.3 Å². The summed E-state index contributed by atoms with van der Waals surface area (Å²) in [5.74, 6) is 0.922. The molecule has 0 spiro atoms. The number of rotatable bonds is 8. The molecule has 0 aliphatic heterocycles. The van der Waals surface area contributed by atoms with Gasteiger partial charge in [-0.2, -0.15) is 0 Å². The number of benzene rings is 1. The van der Waals surface area contributed by atoms with Crippen LogP contribution in [0.25, 0.3) is 0 Å². The van der Waals surface area contributed by atoms with Gasteiger partial charge in [0.1, 0.15) is 23.1 Å². The lowest BCUT2D eigenvalue weighted by molar-refractivity contribution is -0.128. The van der Waals surface area contributed by atoms with Gasteiger partial charge in [0.05, 0.1) is 0 Å². The first-order valence-electron chi connectivity index (χ1n) is 9.82. The van der Waals surface area contributed by atoms with Gasteiger partial charge in [-0.1, -0.05) is 46.8 Å². The molecule has 0 aliphatic rings. The highest BCUT2D eigenvalue weighted by atomic mass is 32.1. The summed E-state index contributed by atoms with van der Waals surface area (Å²) < 4.78 is 5.98. The molecule has 0 atom stereocenters. The van der Waals surface area contributed by atoms with Crippen molar-refractivity contribution < 1.29 is 14.3 Å². The predicted octanol–water partition coefficient (Wildman–Crippen LogP) is 4.05. The summed E-state index contributed by atoms with van der Waals surface area (Å²) in [5.41, 5.74) is 2.22. The van der Waals surface area contributed by atoms with Crippen LogP contribution in [-0.4, -0.2) is 29.9 Å². The van der Waals surface area contributed by atoms with Crippen LogP contribution in [0.1, 0.15) is 67.2 Å². The maximum atomic E-state index is 12.2. The summed E-state index contributed by atoms with van der Waals surface area (Å²) in [4.78, 5) is 28.4. The lowest BCUT2D eigenvalue weighted by Crippen LogP contribution is -2.39. The minimum absolute atomic E-state index is 0.0447. The number of ether oxygens (including phenoxy) is 1. The Hall–Kier alpha value is -2.41. The van der Waals surface area contributed by atoms with Crippen molar-refractivity contribution in [1.82, 2.24) is 15.6 Å². The number of nitrogens with one attached hydrogen (secondary N) is 2. The zero-order chi connectivity index (χ0) is 21.6. The summed E-state index contributed by atoms with van der Waals surface area (Å²) >= 11 is 1.40. The van der Waals surface area contributed by atoms with E-state index in [0.717, 1.165) is 21.9 Å². The van der Waals surface area contributed by atoms with Gasteiger partial charge in [0, 0.05) is 23.9 Å². The molecule has 7 heteroatoms. The van der Waals surface area contributed by atoms with Gasteiger partial charge in [0.25, 0.3) is 5.91 Å². The molecule has 158 valence electrons. The molecule has 2 aromatic rings. The molecule has 29 heavy (non-hydrogen) atoms. The highest BCUT2D eigenvalue weighted by molar-refractivity contribution is 7.09. The van der Waals surface area contributed by atoms with Gasteiger partial charge >= 0.3 is 0 Å². The van der Waals surface area contributed by atoms with Crippen LogP contribution in [0.3, 0.4) is 0 Å². The fourth-order valence-corrected chi connectivity index (χ4v) is 3.26. The molecule has 6 nitrogen and oxygen atoms in total. The molecule has 1 aromatic heterocycles. The summed E-state index contributed by atoms with van der Waals surface area (Å²) in [7, 11) is 0. The number of aromatic nitrogens is 1. The first-order valence-corrected chi connectivity index (χ1v) is 10.7. The third kappa shape index (κ3) is 6.85. The van der Waals surface area contributed by atoms with Crippen LogP contribution in [0.4, 0.5) is 0 Å². The average molecular weight is 418 g/mol. The van der Waals surface area contributed by atoms with Crippen molar-refractivity contribution in [3.8, 4) is 5.75 Å². The van der Waals surface area contributed by atoms with Crippen molar-refractivity contribution in [1.29, 1.82) is 0 Å². The van der Waals surface area contributed by atoms with Gasteiger partial charge < -0.3 is 15.4 Å². The smallest absolute Gasteiger partial charge is 0.270 e. The highest BCUT2D eigenvalue weighted by Crippen LogP contribution is 2.28. The minimum Gasteiger partial charge on any atom is -0.486 e. The number of amides is 2. The Morgan fingerprint density at radius 1 is 1.17 bits per heavy atom. The second-order valence-corrected chi connectivity index (χ2v) is 9.32. The summed E-state index contributed by atoms with van der Waals surface area (Å²) in [5, 5.41) is 8.04. The topological polar surface area (TPSA) is 80.3 Å². The van der Waals surface area contributed by atoms with Crippen molar-refractivity contribution in [3.63, 3.8) is 0 Å². The molecule has 2 amide bonds. The van der Waals surface area contributed by atoms with Crippen molar-refractivity contribution in [2.75, 3.05) is 13.1 Å². The van der Waals surface area contributed by atoms with E-state index in [1.54, 1.807) is 5.38 Å². The van der Waals surface area contributed by atoms with Gasteiger partial charge in [0.2, 0.25) is 5.91 Å². The van der Waals surface area contributed by atoms with Crippen molar-refractivity contribution in [2.45, 2.75) is 54.1 Å². The Balaban J connectivity index is 1.86. The zero-order valence-electron chi connectivity index (χ0n) is 18.1. The molecular formula is C22H31N3O3S. The van der Waals surface area contributed by atoms with Crippen LogP contribution in [0.15, 0.2) is 23.6 Å². The van der Waals surface area contributed by atoms with E-state index in [9.17, 15) is 9.59 Å². The molecule has 1 aromatic carbocycles. The lowest BCUT2D eigenvalue weighted by atomic mass is 9.96. The molecular weight excluding hydrogens is 386 g/mol. The van der Waals surface area contributed by atoms with Gasteiger partial charge in [0.15, 0.2) is 0 Å². The number of carbonyl (C=O) groups is 2. The molecule has 0 unspecified atom stereocenters. The van der Waals surface area contributed by atoms with E-state index in [0.29, 0.717) is 31.3 Å². The number of hydrogen-bond donors (Lipinski definition) is 2. The van der Waals surface area contributed by atoms with Crippen molar-refractivity contribution in [2.24, 2.45) is 5.41 Å². The molecule has 2 rings (SSSR count). The fraction of sp³-hybridized carbons (Fsp3) is 0.500. The van der Waals surface area contributed by atoms with Crippen LogP contribution in [0, 0.1) is 12.3 Å². The minimum atomic E-state index is -0.444. The van der Waals surface area contributed by atoms with Gasteiger partial charge in [-0.15, -0.1) is 11.3 Å². The Kier molecular flexibility index (Phi) is 7.79. The summed E-state index contributed by atoms with van der Waals surface area (Å²) in [6.45, 7) is 12.9.